The van der Waals surface area contributed by atoms with Crippen molar-refractivity contribution in [1.82, 2.24) is 15.3 Å². The Morgan fingerprint density at radius 3 is 2.60 bits per heavy atom. The van der Waals surface area contributed by atoms with Crippen molar-refractivity contribution in [3.05, 3.63) is 46.9 Å². The Labute approximate surface area is 153 Å². The molecule has 0 radical (unpaired) electrons. The van der Waals surface area contributed by atoms with Gasteiger partial charge in [-0.2, -0.15) is 0 Å². The molecule has 25 heavy (non-hydrogen) atoms. The number of aryl methyl sites for hydroxylation is 1. The number of nitrogens with one attached hydrogen (secondary N) is 2. The third-order valence-corrected chi connectivity index (χ3v) is 4.59. The van der Waals surface area contributed by atoms with Crippen LogP contribution in [-0.2, 0) is 0 Å². The molecule has 0 bridgehead atoms. The number of carbonyl (C=O) groups excluding carboxylic acids is 1. The largest absolute Gasteiger partial charge is 0.348 e. The van der Waals surface area contributed by atoms with Crippen molar-refractivity contribution in [3.8, 4) is 0 Å². The third kappa shape index (κ3) is 5.16. The van der Waals surface area contributed by atoms with Gasteiger partial charge in [0.05, 0.1) is 0 Å². The number of hydrogen-bond acceptors (Lipinski definition) is 4. The van der Waals surface area contributed by atoms with Gasteiger partial charge < -0.3 is 10.6 Å². The van der Waals surface area contributed by atoms with E-state index in [2.05, 4.69) is 20.6 Å². The Morgan fingerprint density at radius 1 is 1.12 bits per heavy atom. The maximum atomic E-state index is 12.6. The normalized spacial score (nSPS) is 15.4. The van der Waals surface area contributed by atoms with Crippen LogP contribution in [-0.4, -0.2) is 21.9 Å². The molecule has 0 unspecified atom stereocenters. The summed E-state index contributed by atoms with van der Waals surface area (Å²) < 4.78 is 0. The number of aromatic nitrogens is 2. The van der Waals surface area contributed by atoms with Gasteiger partial charge in [-0.25, -0.2) is 9.97 Å². The van der Waals surface area contributed by atoms with Gasteiger partial charge in [0.2, 0.25) is 0 Å². The van der Waals surface area contributed by atoms with E-state index in [0.29, 0.717) is 22.4 Å². The minimum atomic E-state index is -0.133. The van der Waals surface area contributed by atoms with E-state index in [1.165, 1.54) is 25.7 Å². The molecule has 0 atom stereocenters. The van der Waals surface area contributed by atoms with Crippen LogP contribution in [0.4, 0.5) is 11.5 Å². The monoisotopic (exact) mass is 358 g/mol. The van der Waals surface area contributed by atoms with Crippen LogP contribution < -0.4 is 10.6 Å². The predicted molar refractivity (Wildman–Crippen MR) is 100 cm³/mol. The van der Waals surface area contributed by atoms with E-state index < -0.39 is 0 Å². The van der Waals surface area contributed by atoms with Crippen LogP contribution in [0.2, 0.25) is 5.02 Å². The summed E-state index contributed by atoms with van der Waals surface area (Å²) in [5.41, 5.74) is 1.21. The lowest BCUT2D eigenvalue weighted by Crippen LogP contribution is -2.35. The van der Waals surface area contributed by atoms with Crippen molar-refractivity contribution in [2.24, 2.45) is 0 Å². The first-order valence-electron chi connectivity index (χ1n) is 8.79. The van der Waals surface area contributed by atoms with Crippen molar-refractivity contribution in [2.75, 3.05) is 5.32 Å². The smallest absolute Gasteiger partial charge is 0.270 e. The first kappa shape index (κ1) is 17.7. The van der Waals surface area contributed by atoms with E-state index in [-0.39, 0.29) is 11.9 Å². The van der Waals surface area contributed by atoms with Gasteiger partial charge >= 0.3 is 0 Å². The standard InChI is InChI=1S/C19H23ClN4O/c1-13-21-17(19(25)24-15-8-4-2-3-5-9-15)12-18(22-13)23-16-10-6-7-14(20)11-16/h6-7,10-12,15H,2-5,8-9H2,1H3,(H,24,25)(H,21,22,23). The van der Waals surface area contributed by atoms with Gasteiger partial charge in [-0.1, -0.05) is 43.4 Å². The maximum absolute atomic E-state index is 12.6. The number of carbonyl (C=O) groups is 1. The number of amides is 1. The number of halogens is 1. The molecule has 1 fully saturated rings. The maximum Gasteiger partial charge on any atom is 0.270 e. The van der Waals surface area contributed by atoms with E-state index in [1.807, 2.05) is 24.3 Å². The molecule has 1 aromatic carbocycles. The summed E-state index contributed by atoms with van der Waals surface area (Å²) in [6.07, 6.45) is 6.96. The van der Waals surface area contributed by atoms with Crippen molar-refractivity contribution >= 4 is 29.0 Å². The van der Waals surface area contributed by atoms with Crippen LogP contribution in [0.3, 0.4) is 0 Å². The highest BCUT2D eigenvalue weighted by Gasteiger charge is 2.17. The van der Waals surface area contributed by atoms with Crippen LogP contribution >= 0.6 is 11.6 Å². The molecule has 1 saturated carbocycles. The van der Waals surface area contributed by atoms with Gasteiger partial charge in [0.25, 0.3) is 5.91 Å². The first-order chi connectivity index (χ1) is 12.1. The van der Waals surface area contributed by atoms with Gasteiger partial charge in [0.15, 0.2) is 0 Å². The van der Waals surface area contributed by atoms with Crippen LogP contribution in [0, 0.1) is 6.92 Å². The molecule has 0 spiro atoms. The fraction of sp³-hybridized carbons (Fsp3) is 0.421. The van der Waals surface area contributed by atoms with E-state index in [4.69, 9.17) is 11.6 Å². The summed E-state index contributed by atoms with van der Waals surface area (Å²) in [6.45, 7) is 1.78. The molecule has 3 rings (SSSR count). The van der Waals surface area contributed by atoms with Gasteiger partial charge in [-0.3, -0.25) is 4.79 Å². The van der Waals surface area contributed by atoms with E-state index in [0.717, 1.165) is 18.5 Å². The lowest BCUT2D eigenvalue weighted by molar-refractivity contribution is 0.0928. The number of nitrogens with zero attached hydrogens (tertiary/aromatic N) is 2. The molecule has 0 aliphatic heterocycles. The van der Waals surface area contributed by atoms with Crippen molar-refractivity contribution in [3.63, 3.8) is 0 Å². The average Bonchev–Trinajstić information content (AvgIpc) is 2.83. The summed E-state index contributed by atoms with van der Waals surface area (Å²) in [5.74, 6) is 1.00. The van der Waals surface area contributed by atoms with E-state index in [1.54, 1.807) is 13.0 Å². The third-order valence-electron chi connectivity index (χ3n) is 4.36. The Morgan fingerprint density at radius 2 is 1.88 bits per heavy atom. The second-order valence-corrected chi connectivity index (χ2v) is 6.92. The van der Waals surface area contributed by atoms with Crippen LogP contribution in [0.15, 0.2) is 30.3 Å². The molecule has 1 heterocycles. The fourth-order valence-electron chi connectivity index (χ4n) is 3.15. The second-order valence-electron chi connectivity index (χ2n) is 6.48. The van der Waals surface area contributed by atoms with Gasteiger partial charge in [0.1, 0.15) is 17.3 Å². The van der Waals surface area contributed by atoms with Crippen LogP contribution in [0.1, 0.15) is 54.8 Å². The Balaban J connectivity index is 1.73. The summed E-state index contributed by atoms with van der Waals surface area (Å²) >= 11 is 6.01. The topological polar surface area (TPSA) is 66.9 Å². The number of benzene rings is 1. The molecule has 2 aromatic rings. The first-order valence-corrected chi connectivity index (χ1v) is 9.17. The zero-order chi connectivity index (χ0) is 17.6. The zero-order valence-electron chi connectivity index (χ0n) is 14.4. The van der Waals surface area contributed by atoms with Crippen LogP contribution in [0.25, 0.3) is 0 Å². The molecule has 0 saturated heterocycles. The minimum absolute atomic E-state index is 0.133. The Bertz CT molecular complexity index is 742. The molecule has 1 amide bonds. The van der Waals surface area contributed by atoms with E-state index >= 15 is 0 Å². The highest BCUT2D eigenvalue weighted by atomic mass is 35.5. The fourth-order valence-corrected chi connectivity index (χ4v) is 3.34. The second kappa shape index (κ2) is 8.30. The molecular formula is C19H23ClN4O. The lowest BCUT2D eigenvalue weighted by atomic mass is 10.1. The molecule has 1 aliphatic carbocycles. The van der Waals surface area contributed by atoms with Gasteiger partial charge in [0, 0.05) is 22.8 Å². The van der Waals surface area contributed by atoms with E-state index in [9.17, 15) is 4.79 Å². The van der Waals surface area contributed by atoms with Crippen LogP contribution in [0.5, 0.6) is 0 Å². The van der Waals surface area contributed by atoms with Crippen molar-refractivity contribution < 1.29 is 4.79 Å². The Kier molecular flexibility index (Phi) is 5.87. The number of hydrogen-bond donors (Lipinski definition) is 2. The molecule has 5 nitrogen and oxygen atoms in total. The molecule has 1 aliphatic rings. The lowest BCUT2D eigenvalue weighted by Gasteiger charge is -2.16. The predicted octanol–water partition coefficient (Wildman–Crippen LogP) is 4.63. The number of rotatable bonds is 4. The van der Waals surface area contributed by atoms with Crippen molar-refractivity contribution in [1.29, 1.82) is 0 Å². The summed E-state index contributed by atoms with van der Waals surface area (Å²) in [4.78, 5) is 21.2. The SMILES string of the molecule is Cc1nc(Nc2cccc(Cl)c2)cc(C(=O)NC2CCCCCC2)n1. The summed E-state index contributed by atoms with van der Waals surface area (Å²) in [7, 11) is 0. The zero-order valence-corrected chi connectivity index (χ0v) is 15.1. The van der Waals surface area contributed by atoms with Gasteiger partial charge in [-0.15, -0.1) is 0 Å². The van der Waals surface area contributed by atoms with Gasteiger partial charge in [-0.05, 0) is 38.0 Å². The minimum Gasteiger partial charge on any atom is -0.348 e. The summed E-state index contributed by atoms with van der Waals surface area (Å²) in [5, 5.41) is 6.94. The Hall–Kier alpha value is -2.14. The summed E-state index contributed by atoms with van der Waals surface area (Å²) in [6, 6.07) is 9.30. The highest BCUT2D eigenvalue weighted by Crippen LogP contribution is 2.20. The quantitative estimate of drug-likeness (QED) is 0.781. The molecule has 132 valence electrons. The molecular weight excluding hydrogens is 336 g/mol. The van der Waals surface area contributed by atoms with Crippen molar-refractivity contribution in [2.45, 2.75) is 51.5 Å². The molecule has 1 aromatic heterocycles. The number of anilines is 2. The molecule has 6 heteroatoms. The highest BCUT2D eigenvalue weighted by molar-refractivity contribution is 6.30. The average molecular weight is 359 g/mol. The molecule has 2 N–H and O–H groups in total.